The van der Waals surface area contributed by atoms with Gasteiger partial charge < -0.3 is 5.32 Å². The first-order valence-corrected chi connectivity index (χ1v) is 7.10. The van der Waals surface area contributed by atoms with Crippen molar-refractivity contribution >= 4 is 33.0 Å². The van der Waals surface area contributed by atoms with Gasteiger partial charge in [0, 0.05) is 33.9 Å². The van der Waals surface area contributed by atoms with Crippen LogP contribution in [0, 0.1) is 15.9 Å². The molecule has 0 radical (unpaired) electrons. The van der Waals surface area contributed by atoms with Crippen LogP contribution in [0.25, 0.3) is 0 Å². The first-order chi connectivity index (χ1) is 9.06. The smallest absolute Gasteiger partial charge is 0.304 e. The minimum absolute atomic E-state index is 0.463. The number of benzene rings is 1. The molecule has 0 bridgehead atoms. The summed E-state index contributed by atoms with van der Waals surface area (Å²) in [5.74, 6) is -0.803. The molecule has 7 heteroatoms. The van der Waals surface area contributed by atoms with Crippen LogP contribution in [0.5, 0.6) is 0 Å². The van der Waals surface area contributed by atoms with Gasteiger partial charge in [-0.3, -0.25) is 10.1 Å². The summed E-state index contributed by atoms with van der Waals surface area (Å²) < 4.78 is 14.4. The van der Waals surface area contributed by atoms with Crippen LogP contribution in [0.1, 0.15) is 10.4 Å². The maximum absolute atomic E-state index is 13.4. The van der Waals surface area contributed by atoms with E-state index >= 15 is 0 Å². The molecule has 0 saturated carbocycles. The first-order valence-electron chi connectivity index (χ1n) is 5.42. The summed E-state index contributed by atoms with van der Waals surface area (Å²) in [5, 5.41) is 15.6. The van der Waals surface area contributed by atoms with E-state index in [0.717, 1.165) is 9.35 Å². The van der Waals surface area contributed by atoms with Crippen molar-refractivity contribution in [2.75, 3.05) is 0 Å². The van der Waals surface area contributed by atoms with Gasteiger partial charge in [-0.15, -0.1) is 11.3 Å². The van der Waals surface area contributed by atoms with Crippen molar-refractivity contribution < 1.29 is 9.31 Å². The minimum Gasteiger partial charge on any atom is -0.308 e. The Labute approximate surface area is 121 Å². The topological polar surface area (TPSA) is 55.2 Å². The fraction of sp³-hybridized carbons (Fsp3) is 0.167. The van der Waals surface area contributed by atoms with E-state index in [4.69, 9.17) is 0 Å². The molecule has 0 amide bonds. The lowest BCUT2D eigenvalue weighted by atomic mass is 10.2. The number of nitrogens with zero attached hydrogens (tertiary/aromatic N) is 1. The van der Waals surface area contributed by atoms with Crippen molar-refractivity contribution in [3.8, 4) is 0 Å². The monoisotopic (exact) mass is 344 g/mol. The number of nitrogens with one attached hydrogen (secondary N) is 1. The van der Waals surface area contributed by atoms with Crippen LogP contribution in [-0.4, -0.2) is 4.92 Å². The number of hydrogen-bond acceptors (Lipinski definition) is 4. The quantitative estimate of drug-likeness (QED) is 0.662. The lowest BCUT2D eigenvalue weighted by Gasteiger charge is -2.03. The molecule has 1 aromatic heterocycles. The average molecular weight is 345 g/mol. The molecule has 0 aliphatic rings. The second kappa shape index (κ2) is 6.23. The third-order valence-corrected chi connectivity index (χ3v) is 4.16. The summed E-state index contributed by atoms with van der Waals surface area (Å²) in [7, 11) is 0. The molecule has 100 valence electrons. The summed E-state index contributed by atoms with van der Waals surface area (Å²) in [4.78, 5) is 10.9. The van der Waals surface area contributed by atoms with Gasteiger partial charge in [-0.2, -0.15) is 4.39 Å². The Kier molecular flexibility index (Phi) is 4.62. The van der Waals surface area contributed by atoms with E-state index in [1.165, 1.54) is 12.1 Å². The highest BCUT2D eigenvalue weighted by molar-refractivity contribution is 9.10. The Morgan fingerprint density at radius 3 is 2.74 bits per heavy atom. The maximum Gasteiger partial charge on any atom is 0.304 e. The second-order valence-corrected chi connectivity index (χ2v) is 5.79. The van der Waals surface area contributed by atoms with Gasteiger partial charge in [0.05, 0.1) is 4.92 Å². The molecule has 19 heavy (non-hydrogen) atoms. The Bertz CT molecular complexity index is 603. The molecular formula is C12H10BrFN2O2S. The fourth-order valence-electron chi connectivity index (χ4n) is 1.58. The Morgan fingerprint density at radius 1 is 1.37 bits per heavy atom. The molecule has 4 nitrogen and oxygen atoms in total. The zero-order chi connectivity index (χ0) is 13.8. The van der Waals surface area contributed by atoms with Crippen LogP contribution < -0.4 is 5.32 Å². The third kappa shape index (κ3) is 3.82. The highest BCUT2D eigenvalue weighted by Gasteiger charge is 2.13. The molecular weight excluding hydrogens is 335 g/mol. The lowest BCUT2D eigenvalue weighted by molar-refractivity contribution is -0.387. The van der Waals surface area contributed by atoms with Crippen molar-refractivity contribution in [3.63, 3.8) is 0 Å². The number of hydrogen-bond donors (Lipinski definition) is 1. The van der Waals surface area contributed by atoms with E-state index in [0.29, 0.717) is 18.7 Å². The number of rotatable bonds is 5. The largest absolute Gasteiger partial charge is 0.308 e. The van der Waals surface area contributed by atoms with Crippen molar-refractivity contribution in [2.45, 2.75) is 13.1 Å². The third-order valence-electron chi connectivity index (χ3n) is 2.46. The van der Waals surface area contributed by atoms with Crippen LogP contribution in [0.15, 0.2) is 34.1 Å². The molecule has 2 rings (SSSR count). The summed E-state index contributed by atoms with van der Waals surface area (Å²) >= 11 is 4.99. The average Bonchev–Trinajstić information content (AvgIpc) is 2.75. The van der Waals surface area contributed by atoms with Crippen molar-refractivity contribution in [1.29, 1.82) is 0 Å². The van der Waals surface area contributed by atoms with Gasteiger partial charge >= 0.3 is 5.69 Å². The molecule has 0 aliphatic carbocycles. The zero-order valence-corrected chi connectivity index (χ0v) is 12.1. The molecule has 0 saturated heterocycles. The predicted octanol–water partition coefficient (Wildman–Crippen LogP) is 3.85. The van der Waals surface area contributed by atoms with E-state index < -0.39 is 16.4 Å². The van der Waals surface area contributed by atoms with Gasteiger partial charge in [-0.25, -0.2) is 0 Å². The fourth-order valence-corrected chi connectivity index (χ4v) is 3.01. The van der Waals surface area contributed by atoms with Gasteiger partial charge in [0.2, 0.25) is 5.82 Å². The molecule has 1 N–H and O–H groups in total. The standard InChI is InChI=1S/C12H10BrFN2O2S/c13-9-4-10(19-7-9)6-15-5-8-1-2-12(16(17)18)11(14)3-8/h1-4,7,15H,5-6H2. The van der Waals surface area contributed by atoms with E-state index in [1.807, 2.05) is 11.4 Å². The van der Waals surface area contributed by atoms with E-state index in [1.54, 1.807) is 17.4 Å². The highest BCUT2D eigenvalue weighted by Crippen LogP contribution is 2.20. The molecule has 1 heterocycles. The number of nitro groups is 1. The summed E-state index contributed by atoms with van der Waals surface area (Å²) in [5.41, 5.74) is 0.185. The first kappa shape index (κ1) is 14.1. The van der Waals surface area contributed by atoms with Gasteiger partial charge in [-0.1, -0.05) is 6.07 Å². The Hall–Kier alpha value is -1.31. The van der Waals surface area contributed by atoms with Crippen LogP contribution in [-0.2, 0) is 13.1 Å². The van der Waals surface area contributed by atoms with Crippen LogP contribution in [0.4, 0.5) is 10.1 Å². The Morgan fingerprint density at radius 2 is 2.16 bits per heavy atom. The summed E-state index contributed by atoms with van der Waals surface area (Å²) in [6.45, 7) is 1.14. The molecule has 1 aromatic carbocycles. The molecule has 0 aliphatic heterocycles. The number of nitro benzene ring substituents is 1. The maximum atomic E-state index is 13.4. The summed E-state index contributed by atoms with van der Waals surface area (Å²) in [6, 6.07) is 5.94. The minimum atomic E-state index is -0.803. The lowest BCUT2D eigenvalue weighted by Crippen LogP contribution is -2.12. The molecule has 0 atom stereocenters. The highest BCUT2D eigenvalue weighted by atomic mass is 79.9. The zero-order valence-electron chi connectivity index (χ0n) is 9.73. The van der Waals surface area contributed by atoms with Gasteiger partial charge in [-0.05, 0) is 33.6 Å². The van der Waals surface area contributed by atoms with Crippen molar-refractivity contribution in [2.24, 2.45) is 0 Å². The van der Waals surface area contributed by atoms with E-state index in [9.17, 15) is 14.5 Å². The summed E-state index contributed by atoms with van der Waals surface area (Å²) in [6.07, 6.45) is 0. The predicted molar refractivity (Wildman–Crippen MR) is 75.6 cm³/mol. The molecule has 0 spiro atoms. The van der Waals surface area contributed by atoms with Crippen molar-refractivity contribution in [1.82, 2.24) is 5.32 Å². The van der Waals surface area contributed by atoms with Gasteiger partial charge in [0.25, 0.3) is 0 Å². The van der Waals surface area contributed by atoms with Gasteiger partial charge in [0.1, 0.15) is 0 Å². The van der Waals surface area contributed by atoms with Crippen LogP contribution in [0.3, 0.4) is 0 Å². The van der Waals surface area contributed by atoms with E-state index in [2.05, 4.69) is 21.2 Å². The van der Waals surface area contributed by atoms with Crippen LogP contribution >= 0.6 is 27.3 Å². The normalized spacial score (nSPS) is 10.6. The molecule has 2 aromatic rings. The number of thiophene rings is 1. The molecule has 0 fully saturated rings. The van der Waals surface area contributed by atoms with E-state index in [-0.39, 0.29) is 0 Å². The van der Waals surface area contributed by atoms with Crippen molar-refractivity contribution in [3.05, 3.63) is 60.5 Å². The Balaban J connectivity index is 1.93. The molecule has 0 unspecified atom stereocenters. The SMILES string of the molecule is O=[N+]([O-])c1ccc(CNCc2cc(Br)cs2)cc1F. The van der Waals surface area contributed by atoms with Crippen LogP contribution in [0.2, 0.25) is 0 Å². The second-order valence-electron chi connectivity index (χ2n) is 3.88. The van der Waals surface area contributed by atoms with Gasteiger partial charge in [0.15, 0.2) is 0 Å². The number of halogens is 2.